The summed E-state index contributed by atoms with van der Waals surface area (Å²) in [4.78, 5) is 88.6. The zero-order valence-electron chi connectivity index (χ0n) is 29.9. The first kappa shape index (κ1) is 54.4. The normalized spacial score (nSPS) is 12.7. The van der Waals surface area contributed by atoms with E-state index in [1.165, 1.54) is 4.90 Å². The summed E-state index contributed by atoms with van der Waals surface area (Å²) in [6, 6.07) is -2.63. The SMILES string of the molecule is C.CC(C)[C@H](CC(=O)[C@H](CCC(=O)OC(C)(C)C)NC(=O)CCCC(=O)N(C)C)C(=O)N[C@@H](CNC(=O)OC(C)(C)C)C(=O)O.Cl.S=PP=S. The highest BCUT2D eigenvalue weighted by atomic mass is 35.5. The van der Waals surface area contributed by atoms with Gasteiger partial charge in [-0.1, -0.05) is 21.3 Å². The van der Waals surface area contributed by atoms with Gasteiger partial charge in [-0.15, -0.1) is 12.4 Å². The van der Waals surface area contributed by atoms with Crippen molar-refractivity contribution in [3.63, 3.8) is 0 Å². The van der Waals surface area contributed by atoms with Crippen LogP contribution in [0.15, 0.2) is 0 Å². The molecule has 0 aromatic carbocycles. The van der Waals surface area contributed by atoms with Gasteiger partial charge in [0.2, 0.25) is 17.7 Å². The summed E-state index contributed by atoms with van der Waals surface area (Å²) >= 11 is 8.82. The lowest BCUT2D eigenvalue weighted by atomic mass is 9.87. The van der Waals surface area contributed by atoms with Crippen LogP contribution in [0.2, 0.25) is 0 Å². The molecule has 4 amide bonds. The first-order chi connectivity index (χ1) is 21.9. The number of rotatable bonds is 18. The van der Waals surface area contributed by atoms with Crippen LogP contribution in [0.3, 0.4) is 0 Å². The summed E-state index contributed by atoms with van der Waals surface area (Å²) in [6.45, 7) is 12.9. The molecule has 0 fully saturated rings. The third kappa shape index (κ3) is 28.3. The Hall–Kier alpha value is -2.38. The van der Waals surface area contributed by atoms with E-state index in [0.717, 1.165) is 14.1 Å². The predicted molar refractivity (Wildman–Crippen MR) is 204 cm³/mol. The van der Waals surface area contributed by atoms with Crippen molar-refractivity contribution in [1.82, 2.24) is 20.9 Å². The Labute approximate surface area is 316 Å². The Bertz CT molecular complexity index is 1140. The number of halogens is 1. The van der Waals surface area contributed by atoms with Gasteiger partial charge in [0.1, 0.15) is 17.2 Å². The number of hydrogen-bond donors (Lipinski definition) is 4. The van der Waals surface area contributed by atoms with Crippen LogP contribution < -0.4 is 16.0 Å². The number of nitrogens with zero attached hydrogens (tertiary/aromatic N) is 1. The van der Waals surface area contributed by atoms with Crippen molar-refractivity contribution in [1.29, 1.82) is 0 Å². The Morgan fingerprint density at radius 1 is 0.820 bits per heavy atom. The van der Waals surface area contributed by atoms with E-state index in [0.29, 0.717) is 0 Å². The second-order valence-corrected chi connectivity index (χ2v) is 17.6. The maximum Gasteiger partial charge on any atom is 0.407 e. The summed E-state index contributed by atoms with van der Waals surface area (Å²) in [5.74, 6) is -5.27. The van der Waals surface area contributed by atoms with E-state index in [-0.39, 0.29) is 64.3 Å². The molecule has 0 radical (unpaired) electrons. The molecule has 0 aliphatic rings. The van der Waals surface area contributed by atoms with E-state index in [4.69, 9.17) is 9.47 Å². The van der Waals surface area contributed by atoms with Crippen LogP contribution in [0, 0.1) is 11.8 Å². The molecule has 0 saturated carbocycles. The predicted octanol–water partition coefficient (Wildman–Crippen LogP) is 4.95. The summed E-state index contributed by atoms with van der Waals surface area (Å²) in [5.41, 5.74) is -1.56. The molecule has 0 aromatic rings. The molecule has 0 bridgehead atoms. The number of carbonyl (C=O) groups excluding carboxylic acids is 6. The molecule has 0 aromatic heterocycles. The fraction of sp³-hybridized carbons (Fsp3) is 0.774. The number of hydrogen-bond acceptors (Lipinski definition) is 11. The number of carboxylic acids is 1. The van der Waals surface area contributed by atoms with Gasteiger partial charge in [-0.25, -0.2) is 9.59 Å². The van der Waals surface area contributed by atoms with E-state index in [9.17, 15) is 38.7 Å². The molecule has 0 saturated heterocycles. The number of ether oxygens (including phenoxy) is 2. The molecule has 0 heterocycles. The molecule has 19 heteroatoms. The molecule has 0 rings (SSSR count). The fourth-order valence-electron chi connectivity index (χ4n) is 3.83. The lowest BCUT2D eigenvalue weighted by Gasteiger charge is -2.26. The first-order valence-corrected chi connectivity index (χ1v) is 19.8. The van der Waals surface area contributed by atoms with Gasteiger partial charge in [-0.2, -0.15) is 0 Å². The second-order valence-electron chi connectivity index (χ2n) is 13.4. The van der Waals surface area contributed by atoms with Crippen molar-refractivity contribution in [2.24, 2.45) is 11.8 Å². The minimum atomic E-state index is -1.50. The van der Waals surface area contributed by atoms with Crippen molar-refractivity contribution < 1.29 is 48.1 Å². The standard InChI is InChI=1S/C30H52N4O10.CH4.ClH.P2S2/c1-18(2)19(26(39)33-21(27(40)41)17-31-28(42)44-30(6,7)8)16-22(35)20(14-15-25(38)43-29(3,4)5)32-23(36)12-11-13-24(37)34(9)10;;;3-1-2-4/h18-21H,11-17H2,1-10H3,(H,31,42)(H,32,36)(H,33,39)(H,40,41);1H4;1H;/t19-,20-,21-;;;/m0.../s1. The van der Waals surface area contributed by atoms with Gasteiger partial charge in [0, 0.05) is 59.8 Å². The van der Waals surface area contributed by atoms with Gasteiger partial charge in [-0.05, 0) is 83.9 Å². The number of carboxylic acid groups (broad SMARTS) is 1. The number of carbonyl (C=O) groups is 7. The minimum absolute atomic E-state index is 0. The molecule has 0 aliphatic carbocycles. The molecule has 0 spiro atoms. The van der Waals surface area contributed by atoms with Crippen molar-refractivity contribution in [2.45, 2.75) is 125 Å². The molecule has 14 nitrogen and oxygen atoms in total. The molecule has 290 valence electrons. The smallest absolute Gasteiger partial charge is 0.407 e. The van der Waals surface area contributed by atoms with Gasteiger partial charge in [0.05, 0.1) is 12.6 Å². The van der Waals surface area contributed by atoms with E-state index in [1.54, 1.807) is 69.5 Å². The molecule has 0 aliphatic heterocycles. The maximum atomic E-state index is 13.4. The van der Waals surface area contributed by atoms with E-state index >= 15 is 0 Å². The van der Waals surface area contributed by atoms with Crippen LogP contribution in [0.25, 0.3) is 0 Å². The number of aliphatic carboxylic acids is 1. The number of nitrogens with one attached hydrogen (secondary N) is 3. The van der Waals surface area contributed by atoms with Crippen molar-refractivity contribution >= 4 is 91.6 Å². The summed E-state index contributed by atoms with van der Waals surface area (Å²) < 4.78 is 10.4. The third-order valence-electron chi connectivity index (χ3n) is 6.13. The molecule has 4 N–H and O–H groups in total. The molecule has 50 heavy (non-hydrogen) atoms. The van der Waals surface area contributed by atoms with Gasteiger partial charge in [-0.3, -0.25) is 24.0 Å². The zero-order chi connectivity index (χ0) is 37.8. The van der Waals surface area contributed by atoms with Gasteiger partial charge >= 0.3 is 18.0 Å². The Morgan fingerprint density at radius 2 is 1.34 bits per heavy atom. The average molecular weight is 807 g/mol. The third-order valence-corrected chi connectivity index (χ3v) is 8.80. The van der Waals surface area contributed by atoms with Crippen molar-refractivity contribution in [3.8, 4) is 0 Å². The Kier molecular flexibility index (Phi) is 29.7. The van der Waals surface area contributed by atoms with Crippen LogP contribution in [0.1, 0.15) is 101 Å². The van der Waals surface area contributed by atoms with Crippen LogP contribution in [0.5, 0.6) is 0 Å². The summed E-state index contributed by atoms with van der Waals surface area (Å²) in [5, 5.41) is 16.9. The molecular weight excluding hydrogens is 750 g/mol. The number of Topliss-reactive ketones (excluding diaryl/α,β-unsaturated/α-hetero) is 1. The van der Waals surface area contributed by atoms with Gasteiger partial charge < -0.3 is 35.4 Å². The monoisotopic (exact) mass is 806 g/mol. The van der Waals surface area contributed by atoms with Crippen LogP contribution >= 0.6 is 26.5 Å². The van der Waals surface area contributed by atoms with Gasteiger partial charge in [0.25, 0.3) is 0 Å². The van der Waals surface area contributed by atoms with Crippen LogP contribution in [-0.4, -0.2) is 95.5 Å². The first-order valence-electron chi connectivity index (χ1n) is 15.3. The minimum Gasteiger partial charge on any atom is -0.480 e. The quantitative estimate of drug-likeness (QED) is 0.108. The highest BCUT2D eigenvalue weighted by Crippen LogP contribution is 2.19. The number of ketones is 1. The summed E-state index contributed by atoms with van der Waals surface area (Å²) in [7, 11) is 4.94. The number of esters is 1. The van der Waals surface area contributed by atoms with E-state index in [1.807, 2.05) is 0 Å². The molecule has 0 unspecified atom stereocenters. The fourth-order valence-corrected chi connectivity index (χ4v) is 3.83. The largest absolute Gasteiger partial charge is 0.480 e. The van der Waals surface area contributed by atoms with Crippen LogP contribution in [-0.2, 0) is 61.9 Å². The average Bonchev–Trinajstić information content (AvgIpc) is 2.93. The molecular formula is C31H57ClN4O10P2S2. The highest BCUT2D eigenvalue weighted by molar-refractivity contribution is 8.40. The van der Waals surface area contributed by atoms with E-state index in [2.05, 4.69) is 39.6 Å². The zero-order valence-corrected chi connectivity index (χ0v) is 34.2. The van der Waals surface area contributed by atoms with Crippen molar-refractivity contribution in [2.75, 3.05) is 20.6 Å². The number of alkyl carbamates (subject to hydrolysis) is 1. The van der Waals surface area contributed by atoms with Crippen molar-refractivity contribution in [3.05, 3.63) is 0 Å². The lowest BCUT2D eigenvalue weighted by molar-refractivity contribution is -0.155. The molecule has 3 atom stereocenters. The second kappa shape index (κ2) is 27.3. The Balaban J connectivity index is -0.00000166. The van der Waals surface area contributed by atoms with Gasteiger partial charge in [0.15, 0.2) is 5.78 Å². The highest BCUT2D eigenvalue weighted by Gasteiger charge is 2.33. The lowest BCUT2D eigenvalue weighted by Crippen LogP contribution is -2.51. The summed E-state index contributed by atoms with van der Waals surface area (Å²) in [6.07, 6.45) is -1.12. The van der Waals surface area contributed by atoms with E-state index < -0.39 is 77.3 Å². The number of amides is 4. The van der Waals surface area contributed by atoms with Crippen LogP contribution in [0.4, 0.5) is 4.79 Å². The maximum absolute atomic E-state index is 13.4. The Morgan fingerprint density at radius 3 is 1.76 bits per heavy atom. The topological polar surface area (TPSA) is 198 Å².